The van der Waals surface area contributed by atoms with E-state index in [1.54, 1.807) is 11.3 Å². The van der Waals surface area contributed by atoms with Gasteiger partial charge < -0.3 is 9.80 Å². The van der Waals surface area contributed by atoms with Gasteiger partial charge in [0.2, 0.25) is 5.91 Å². The Bertz CT molecular complexity index is 817. The summed E-state index contributed by atoms with van der Waals surface area (Å²) in [5.41, 5.74) is 4.06. The number of rotatable bonds is 3. The minimum Gasteiger partial charge on any atom is -0.311 e. The minimum absolute atomic E-state index is 0.165. The molecule has 1 aliphatic carbocycles. The molecule has 1 aromatic carbocycles. The van der Waals surface area contributed by atoms with Crippen LogP contribution in [-0.4, -0.2) is 36.5 Å². The van der Waals surface area contributed by atoms with Crippen molar-refractivity contribution in [2.75, 3.05) is 24.5 Å². The summed E-state index contributed by atoms with van der Waals surface area (Å²) in [5.74, 6) is 0.249. The highest BCUT2D eigenvalue weighted by Gasteiger charge is 2.47. The first-order chi connectivity index (χ1) is 12.6. The fraction of sp³-hybridized carbons (Fsp3) is 0.500. The first kappa shape index (κ1) is 16.5. The summed E-state index contributed by atoms with van der Waals surface area (Å²) in [6.45, 7) is 5.41. The van der Waals surface area contributed by atoms with Crippen molar-refractivity contribution in [1.82, 2.24) is 4.90 Å². The topological polar surface area (TPSA) is 23.6 Å². The molecule has 3 aliphatic rings. The van der Waals surface area contributed by atoms with Gasteiger partial charge in [0.25, 0.3) is 0 Å². The van der Waals surface area contributed by atoms with E-state index < -0.39 is 0 Å². The Labute approximate surface area is 159 Å². The second-order valence-corrected chi connectivity index (χ2v) is 9.34. The predicted molar refractivity (Wildman–Crippen MR) is 107 cm³/mol. The molecule has 136 valence electrons. The number of carbonyl (C=O) groups excluding carboxylic acids is 1. The number of hydrogen-bond donors (Lipinski definition) is 0. The normalized spacial score (nSPS) is 22.0. The van der Waals surface area contributed by atoms with Crippen LogP contribution in [0.2, 0.25) is 0 Å². The van der Waals surface area contributed by atoms with E-state index >= 15 is 0 Å². The van der Waals surface area contributed by atoms with E-state index in [4.69, 9.17) is 0 Å². The molecule has 3 heterocycles. The number of likely N-dealkylation sites (tertiary alicyclic amines) is 1. The standard InChI is InChI=1S/C22H26N2OS/c1-16-4-7-20-19(13-16)22(8-10-23(11-9-22)17-5-6-17)15-24(20)21(25)14-18-3-2-12-26-18/h2-4,7,12-13,17H,5-6,8-11,14-15H2,1H3. The van der Waals surface area contributed by atoms with E-state index in [1.807, 2.05) is 6.07 Å². The molecule has 26 heavy (non-hydrogen) atoms. The van der Waals surface area contributed by atoms with Crippen LogP contribution < -0.4 is 4.90 Å². The molecule has 2 aromatic rings. The highest BCUT2D eigenvalue weighted by atomic mass is 32.1. The van der Waals surface area contributed by atoms with Crippen molar-refractivity contribution in [3.8, 4) is 0 Å². The van der Waals surface area contributed by atoms with Gasteiger partial charge in [0.15, 0.2) is 0 Å². The number of amides is 1. The second kappa shape index (κ2) is 6.21. The Morgan fingerprint density at radius 1 is 1.23 bits per heavy atom. The summed E-state index contributed by atoms with van der Waals surface area (Å²) in [6.07, 6.45) is 5.66. The highest BCUT2D eigenvalue weighted by molar-refractivity contribution is 7.10. The molecule has 0 atom stereocenters. The molecular formula is C22H26N2OS. The van der Waals surface area contributed by atoms with Crippen molar-refractivity contribution in [3.05, 3.63) is 51.7 Å². The lowest BCUT2D eigenvalue weighted by molar-refractivity contribution is -0.118. The van der Waals surface area contributed by atoms with Gasteiger partial charge in [-0.05, 0) is 68.8 Å². The van der Waals surface area contributed by atoms with Crippen LogP contribution in [0.25, 0.3) is 0 Å². The van der Waals surface area contributed by atoms with Gasteiger partial charge in [0, 0.05) is 28.6 Å². The molecule has 1 aromatic heterocycles. The van der Waals surface area contributed by atoms with E-state index in [0.717, 1.165) is 23.2 Å². The Morgan fingerprint density at radius 2 is 2.04 bits per heavy atom. The van der Waals surface area contributed by atoms with Crippen molar-refractivity contribution in [1.29, 1.82) is 0 Å². The largest absolute Gasteiger partial charge is 0.311 e. The van der Waals surface area contributed by atoms with Gasteiger partial charge in [0.1, 0.15) is 0 Å². The van der Waals surface area contributed by atoms with Gasteiger partial charge >= 0.3 is 0 Å². The maximum Gasteiger partial charge on any atom is 0.232 e. The fourth-order valence-corrected chi connectivity index (χ4v) is 5.54. The van der Waals surface area contributed by atoms with Gasteiger partial charge in [-0.3, -0.25) is 4.79 Å². The van der Waals surface area contributed by atoms with Crippen LogP contribution in [0.1, 0.15) is 41.7 Å². The number of nitrogens with zero attached hydrogens (tertiary/aromatic N) is 2. The Kier molecular flexibility index (Phi) is 3.94. The maximum atomic E-state index is 13.1. The maximum absolute atomic E-state index is 13.1. The molecule has 0 bridgehead atoms. The first-order valence-electron chi connectivity index (χ1n) is 9.83. The highest BCUT2D eigenvalue weighted by Crippen LogP contribution is 2.48. The van der Waals surface area contributed by atoms with Crippen LogP contribution in [0.5, 0.6) is 0 Å². The molecule has 3 nitrogen and oxygen atoms in total. The lowest BCUT2D eigenvalue weighted by Crippen LogP contribution is -2.46. The Morgan fingerprint density at radius 3 is 2.73 bits per heavy atom. The number of carbonyl (C=O) groups is 1. The molecular weight excluding hydrogens is 340 g/mol. The van der Waals surface area contributed by atoms with Crippen LogP contribution in [0, 0.1) is 6.92 Å². The third-order valence-corrected chi connectivity index (χ3v) is 7.38. The van der Waals surface area contributed by atoms with E-state index in [9.17, 15) is 4.79 Å². The third kappa shape index (κ3) is 2.80. The van der Waals surface area contributed by atoms with Crippen LogP contribution in [0.3, 0.4) is 0 Å². The van der Waals surface area contributed by atoms with Crippen molar-refractivity contribution in [2.45, 2.75) is 50.5 Å². The summed E-state index contributed by atoms with van der Waals surface area (Å²) in [6, 6.07) is 11.6. The molecule has 1 spiro atoms. The number of thiophene rings is 1. The van der Waals surface area contributed by atoms with Gasteiger partial charge in [-0.15, -0.1) is 11.3 Å². The molecule has 1 amide bonds. The van der Waals surface area contributed by atoms with Crippen molar-refractivity contribution in [3.63, 3.8) is 0 Å². The van der Waals surface area contributed by atoms with E-state index in [1.165, 1.54) is 49.9 Å². The van der Waals surface area contributed by atoms with E-state index in [0.29, 0.717) is 6.42 Å². The molecule has 5 rings (SSSR count). The number of benzene rings is 1. The van der Waals surface area contributed by atoms with Gasteiger partial charge in [-0.1, -0.05) is 23.8 Å². The summed E-state index contributed by atoms with van der Waals surface area (Å²) in [4.78, 5) is 19.0. The zero-order valence-electron chi connectivity index (χ0n) is 15.4. The Hall–Kier alpha value is -1.65. The summed E-state index contributed by atoms with van der Waals surface area (Å²) in [5, 5.41) is 2.05. The SMILES string of the molecule is Cc1ccc2c(c1)C1(CCN(C3CC3)CC1)CN2C(=O)Cc1cccs1. The molecule has 0 radical (unpaired) electrons. The van der Waals surface area contributed by atoms with E-state index in [-0.39, 0.29) is 11.3 Å². The number of hydrogen-bond acceptors (Lipinski definition) is 3. The molecule has 2 fully saturated rings. The lowest BCUT2D eigenvalue weighted by Gasteiger charge is -2.40. The zero-order chi connectivity index (χ0) is 17.7. The molecule has 4 heteroatoms. The molecule has 0 unspecified atom stereocenters. The van der Waals surface area contributed by atoms with Crippen LogP contribution in [-0.2, 0) is 16.6 Å². The molecule has 2 aliphatic heterocycles. The minimum atomic E-state index is 0.165. The number of piperidine rings is 1. The van der Waals surface area contributed by atoms with Gasteiger partial charge in [-0.25, -0.2) is 0 Å². The van der Waals surface area contributed by atoms with Gasteiger partial charge in [-0.2, -0.15) is 0 Å². The van der Waals surface area contributed by atoms with Crippen LogP contribution >= 0.6 is 11.3 Å². The molecule has 1 saturated heterocycles. The average Bonchev–Trinajstić information content (AvgIpc) is 3.29. The van der Waals surface area contributed by atoms with E-state index in [2.05, 4.69) is 46.4 Å². The Balaban J connectivity index is 1.43. The molecule has 1 saturated carbocycles. The number of aryl methyl sites for hydroxylation is 1. The summed E-state index contributed by atoms with van der Waals surface area (Å²) < 4.78 is 0. The van der Waals surface area contributed by atoms with Gasteiger partial charge in [0.05, 0.1) is 6.42 Å². The average molecular weight is 367 g/mol. The van der Waals surface area contributed by atoms with Crippen LogP contribution in [0.4, 0.5) is 5.69 Å². The van der Waals surface area contributed by atoms with Crippen molar-refractivity contribution < 1.29 is 4.79 Å². The summed E-state index contributed by atoms with van der Waals surface area (Å²) in [7, 11) is 0. The first-order valence-corrected chi connectivity index (χ1v) is 10.7. The third-order valence-electron chi connectivity index (χ3n) is 6.50. The second-order valence-electron chi connectivity index (χ2n) is 8.30. The lowest BCUT2D eigenvalue weighted by atomic mass is 9.74. The fourth-order valence-electron chi connectivity index (χ4n) is 4.85. The smallest absolute Gasteiger partial charge is 0.232 e. The number of anilines is 1. The number of fused-ring (bicyclic) bond motifs is 2. The molecule has 0 N–H and O–H groups in total. The van der Waals surface area contributed by atoms with Crippen molar-refractivity contribution in [2.24, 2.45) is 0 Å². The van der Waals surface area contributed by atoms with Crippen LogP contribution in [0.15, 0.2) is 35.7 Å². The monoisotopic (exact) mass is 366 g/mol. The summed E-state index contributed by atoms with van der Waals surface area (Å²) >= 11 is 1.68. The quantitative estimate of drug-likeness (QED) is 0.815. The van der Waals surface area contributed by atoms with Crippen molar-refractivity contribution >= 4 is 22.9 Å². The predicted octanol–water partition coefficient (Wildman–Crippen LogP) is 4.14. The zero-order valence-corrected chi connectivity index (χ0v) is 16.2.